The summed E-state index contributed by atoms with van der Waals surface area (Å²) < 4.78 is 9.91. The fourth-order valence-electron chi connectivity index (χ4n) is 1.69. The van der Waals surface area contributed by atoms with E-state index in [0.717, 1.165) is 5.69 Å². The van der Waals surface area contributed by atoms with Gasteiger partial charge in [-0.25, -0.2) is 4.79 Å². The molecule has 0 saturated heterocycles. The third kappa shape index (κ3) is 3.42. The van der Waals surface area contributed by atoms with Crippen molar-refractivity contribution in [2.75, 3.05) is 7.11 Å². The molecule has 0 aliphatic carbocycles. The summed E-state index contributed by atoms with van der Waals surface area (Å²) in [6.45, 7) is 2.54. The summed E-state index contributed by atoms with van der Waals surface area (Å²) in [6.07, 6.45) is 3.16. The van der Waals surface area contributed by atoms with Crippen LogP contribution in [0.15, 0.2) is 41.1 Å². The highest BCUT2D eigenvalue weighted by molar-refractivity contribution is 5.88. The van der Waals surface area contributed by atoms with Crippen LogP contribution in [0.1, 0.15) is 34.8 Å². The number of hydrogen-bond acceptors (Lipinski definition) is 5. The maximum Gasteiger partial charge on any atom is 0.341 e. The lowest BCUT2D eigenvalue weighted by molar-refractivity contribution is 0.0600. The Hall–Kier alpha value is -2.14. The lowest BCUT2D eigenvalue weighted by atomic mass is 10.2. The van der Waals surface area contributed by atoms with E-state index in [-0.39, 0.29) is 6.04 Å². The van der Waals surface area contributed by atoms with E-state index < -0.39 is 5.97 Å². The maximum absolute atomic E-state index is 11.3. The summed E-state index contributed by atoms with van der Waals surface area (Å²) >= 11 is 0. The number of nitrogens with one attached hydrogen (secondary N) is 1. The van der Waals surface area contributed by atoms with Gasteiger partial charge >= 0.3 is 5.97 Å². The number of aromatic nitrogens is 1. The number of furan rings is 1. The second-order valence-corrected chi connectivity index (χ2v) is 4.15. The monoisotopic (exact) mass is 260 g/mol. The van der Waals surface area contributed by atoms with Crippen molar-refractivity contribution < 1.29 is 13.9 Å². The molecule has 0 radical (unpaired) electrons. The van der Waals surface area contributed by atoms with Crippen molar-refractivity contribution in [2.24, 2.45) is 0 Å². The standard InChI is InChI=1S/C14H16N2O3/c1-10(13-5-3-4-6-15-13)16-8-12-7-11(9-19-12)14(17)18-2/h3-7,9-10,16H,8H2,1-2H3/t10-/m0/s1. The molecule has 2 aromatic rings. The van der Waals surface area contributed by atoms with E-state index >= 15 is 0 Å². The van der Waals surface area contributed by atoms with Crippen molar-refractivity contribution in [3.05, 3.63) is 53.7 Å². The molecule has 1 N–H and O–H groups in total. The van der Waals surface area contributed by atoms with Gasteiger partial charge in [-0.2, -0.15) is 0 Å². The Morgan fingerprint density at radius 2 is 2.37 bits per heavy atom. The largest absolute Gasteiger partial charge is 0.467 e. The summed E-state index contributed by atoms with van der Waals surface area (Å²) in [5.41, 5.74) is 1.38. The molecule has 100 valence electrons. The SMILES string of the molecule is COC(=O)c1coc(CN[C@@H](C)c2ccccn2)c1. The molecule has 0 aliphatic heterocycles. The molecule has 0 bridgehead atoms. The Morgan fingerprint density at radius 3 is 3.05 bits per heavy atom. The van der Waals surface area contributed by atoms with Crippen molar-refractivity contribution in [1.29, 1.82) is 0 Å². The molecule has 0 aliphatic rings. The predicted octanol–water partition coefficient (Wildman–Crippen LogP) is 2.31. The first-order valence-corrected chi connectivity index (χ1v) is 6.00. The average molecular weight is 260 g/mol. The molecule has 19 heavy (non-hydrogen) atoms. The second-order valence-electron chi connectivity index (χ2n) is 4.15. The molecule has 0 spiro atoms. The smallest absolute Gasteiger partial charge is 0.341 e. The van der Waals surface area contributed by atoms with Crippen LogP contribution in [0.3, 0.4) is 0 Å². The van der Waals surface area contributed by atoms with Gasteiger partial charge in [0, 0.05) is 12.2 Å². The summed E-state index contributed by atoms with van der Waals surface area (Å²) in [6, 6.07) is 7.56. The van der Waals surface area contributed by atoms with Gasteiger partial charge in [0.25, 0.3) is 0 Å². The Balaban J connectivity index is 1.92. The lowest BCUT2D eigenvalue weighted by Gasteiger charge is -2.11. The Kier molecular flexibility index (Phi) is 4.30. The van der Waals surface area contributed by atoms with Gasteiger partial charge in [0.2, 0.25) is 0 Å². The van der Waals surface area contributed by atoms with Crippen molar-refractivity contribution in [3.63, 3.8) is 0 Å². The number of rotatable bonds is 5. The van der Waals surface area contributed by atoms with Crippen molar-refractivity contribution in [2.45, 2.75) is 19.5 Å². The molecule has 0 unspecified atom stereocenters. The van der Waals surface area contributed by atoms with Gasteiger partial charge in [-0.3, -0.25) is 4.98 Å². The molecule has 2 rings (SSSR count). The Morgan fingerprint density at radius 1 is 1.53 bits per heavy atom. The zero-order valence-electron chi connectivity index (χ0n) is 10.9. The van der Waals surface area contributed by atoms with Gasteiger partial charge in [0.05, 0.1) is 24.9 Å². The summed E-state index contributed by atoms with van der Waals surface area (Å²) in [4.78, 5) is 15.5. The van der Waals surface area contributed by atoms with Crippen LogP contribution in [0.25, 0.3) is 0 Å². The number of nitrogens with zero attached hydrogens (tertiary/aromatic N) is 1. The van der Waals surface area contributed by atoms with Gasteiger partial charge < -0.3 is 14.5 Å². The molecule has 0 aromatic carbocycles. The van der Waals surface area contributed by atoms with E-state index in [2.05, 4.69) is 15.0 Å². The predicted molar refractivity (Wildman–Crippen MR) is 69.5 cm³/mol. The van der Waals surface area contributed by atoms with Crippen LogP contribution in [0, 0.1) is 0 Å². The van der Waals surface area contributed by atoms with Gasteiger partial charge in [-0.05, 0) is 25.1 Å². The third-order valence-corrected chi connectivity index (χ3v) is 2.79. The van der Waals surface area contributed by atoms with Gasteiger partial charge in [0.15, 0.2) is 0 Å². The highest BCUT2D eigenvalue weighted by atomic mass is 16.5. The summed E-state index contributed by atoms with van der Waals surface area (Å²) in [5, 5.41) is 3.28. The lowest BCUT2D eigenvalue weighted by Crippen LogP contribution is -2.18. The molecule has 0 amide bonds. The Labute approximate surface area is 111 Å². The minimum atomic E-state index is -0.396. The van der Waals surface area contributed by atoms with Crippen molar-refractivity contribution >= 4 is 5.97 Å². The minimum absolute atomic E-state index is 0.105. The molecule has 1 atom stereocenters. The fraction of sp³-hybridized carbons (Fsp3) is 0.286. The van der Waals surface area contributed by atoms with Gasteiger partial charge in [-0.15, -0.1) is 0 Å². The number of carbonyl (C=O) groups is 1. The van der Waals surface area contributed by atoms with Crippen LogP contribution in [0.4, 0.5) is 0 Å². The number of carbonyl (C=O) groups excluding carboxylic acids is 1. The second kappa shape index (κ2) is 6.15. The molecule has 5 heteroatoms. The van der Waals surface area contributed by atoms with E-state index in [9.17, 15) is 4.79 Å². The van der Waals surface area contributed by atoms with Crippen LogP contribution in [-0.4, -0.2) is 18.1 Å². The van der Waals surface area contributed by atoms with E-state index in [4.69, 9.17) is 4.42 Å². The van der Waals surface area contributed by atoms with E-state index in [0.29, 0.717) is 17.9 Å². The third-order valence-electron chi connectivity index (χ3n) is 2.79. The van der Waals surface area contributed by atoms with E-state index in [1.165, 1.54) is 13.4 Å². The molecule has 0 fully saturated rings. The van der Waals surface area contributed by atoms with Crippen LogP contribution >= 0.6 is 0 Å². The molecule has 2 heterocycles. The highest BCUT2D eigenvalue weighted by Crippen LogP contribution is 2.12. The summed E-state index contributed by atoms with van der Waals surface area (Å²) in [7, 11) is 1.34. The van der Waals surface area contributed by atoms with E-state index in [1.807, 2.05) is 25.1 Å². The average Bonchev–Trinajstić information content (AvgIpc) is 2.93. The molecular weight excluding hydrogens is 244 g/mol. The number of ether oxygens (including phenoxy) is 1. The summed E-state index contributed by atoms with van der Waals surface area (Å²) in [5.74, 6) is 0.288. The van der Waals surface area contributed by atoms with Crippen molar-refractivity contribution in [1.82, 2.24) is 10.3 Å². The first kappa shape index (κ1) is 13.3. The molecule has 2 aromatic heterocycles. The minimum Gasteiger partial charge on any atom is -0.467 e. The highest BCUT2D eigenvalue weighted by Gasteiger charge is 2.11. The quantitative estimate of drug-likeness (QED) is 0.836. The Bertz CT molecular complexity index is 537. The van der Waals surface area contributed by atoms with Crippen LogP contribution in [0.5, 0.6) is 0 Å². The number of hydrogen-bond donors (Lipinski definition) is 1. The molecule has 0 saturated carbocycles. The normalized spacial score (nSPS) is 12.1. The number of pyridine rings is 1. The number of esters is 1. The maximum atomic E-state index is 11.3. The van der Waals surface area contributed by atoms with Crippen molar-refractivity contribution in [3.8, 4) is 0 Å². The van der Waals surface area contributed by atoms with Gasteiger partial charge in [0.1, 0.15) is 12.0 Å². The van der Waals surface area contributed by atoms with Crippen LogP contribution in [-0.2, 0) is 11.3 Å². The van der Waals surface area contributed by atoms with Crippen LogP contribution in [0.2, 0.25) is 0 Å². The van der Waals surface area contributed by atoms with E-state index in [1.54, 1.807) is 12.3 Å². The number of methoxy groups -OCH3 is 1. The topological polar surface area (TPSA) is 64.4 Å². The first-order chi connectivity index (χ1) is 9.20. The zero-order valence-corrected chi connectivity index (χ0v) is 10.9. The molecule has 5 nitrogen and oxygen atoms in total. The van der Waals surface area contributed by atoms with Crippen LogP contribution < -0.4 is 5.32 Å². The first-order valence-electron chi connectivity index (χ1n) is 6.00. The molecular formula is C14H16N2O3. The van der Waals surface area contributed by atoms with Gasteiger partial charge in [-0.1, -0.05) is 6.07 Å². The fourth-order valence-corrected chi connectivity index (χ4v) is 1.69. The zero-order chi connectivity index (χ0) is 13.7.